The number of hydrogen-bond acceptors (Lipinski definition) is 4. The van der Waals surface area contributed by atoms with Crippen LogP contribution in [0.1, 0.15) is 28.1 Å². The smallest absolute Gasteiger partial charge is 0.250 e. The molecule has 0 unspecified atom stereocenters. The molecule has 0 bridgehead atoms. The van der Waals surface area contributed by atoms with Crippen LogP contribution in [0, 0.1) is 0 Å². The maximum atomic E-state index is 12.1. The fourth-order valence-electron chi connectivity index (χ4n) is 3.01. The summed E-state index contributed by atoms with van der Waals surface area (Å²) in [5.74, 6) is 0.607. The minimum atomic E-state index is -0.168. The molecule has 0 saturated heterocycles. The van der Waals surface area contributed by atoms with Gasteiger partial charge < -0.3 is 4.74 Å². The molecule has 0 radical (unpaired) electrons. The van der Waals surface area contributed by atoms with Gasteiger partial charge in [-0.3, -0.25) is 10.1 Å². The van der Waals surface area contributed by atoms with Crippen LogP contribution in [0.4, 0.5) is 5.13 Å². The van der Waals surface area contributed by atoms with Crippen LogP contribution >= 0.6 is 11.3 Å². The van der Waals surface area contributed by atoms with Gasteiger partial charge in [-0.15, -0.1) is 11.3 Å². The van der Waals surface area contributed by atoms with Gasteiger partial charge in [-0.2, -0.15) is 0 Å². The van der Waals surface area contributed by atoms with Gasteiger partial charge in [0.1, 0.15) is 12.4 Å². The molecular formula is C22H20N2O2S. The van der Waals surface area contributed by atoms with Crippen molar-refractivity contribution in [3.05, 3.63) is 82.4 Å². The molecule has 0 atom stereocenters. The standard InChI is InChI=1S/C22H20N2O2S/c25-21(24-22-23-19-10-5-11-20(19)27-22)13-12-16-8-4-9-18(14-16)26-15-17-6-2-1-3-7-17/h1-4,6-9,12-14H,5,10-11,15H2,(H,23,24,25)/b13-12+. The lowest BCUT2D eigenvalue weighted by atomic mass is 10.2. The maximum Gasteiger partial charge on any atom is 0.250 e. The largest absolute Gasteiger partial charge is 0.489 e. The van der Waals surface area contributed by atoms with Gasteiger partial charge in [-0.25, -0.2) is 4.98 Å². The average molecular weight is 376 g/mol. The number of nitrogens with zero attached hydrogens (tertiary/aromatic N) is 1. The summed E-state index contributed by atoms with van der Waals surface area (Å²) in [4.78, 5) is 17.9. The van der Waals surface area contributed by atoms with Crippen LogP contribution < -0.4 is 10.1 Å². The molecule has 1 amide bonds. The zero-order chi connectivity index (χ0) is 18.5. The lowest BCUT2D eigenvalue weighted by Gasteiger charge is -2.06. The quantitative estimate of drug-likeness (QED) is 0.625. The van der Waals surface area contributed by atoms with Gasteiger partial charge in [0, 0.05) is 11.0 Å². The van der Waals surface area contributed by atoms with E-state index in [4.69, 9.17) is 4.74 Å². The summed E-state index contributed by atoms with van der Waals surface area (Å²) in [6.45, 7) is 0.517. The molecule has 0 spiro atoms. The molecule has 1 heterocycles. The van der Waals surface area contributed by atoms with Crippen molar-refractivity contribution in [2.24, 2.45) is 0 Å². The molecule has 1 N–H and O–H groups in total. The Morgan fingerprint density at radius 3 is 2.89 bits per heavy atom. The summed E-state index contributed by atoms with van der Waals surface area (Å²) in [7, 11) is 0. The van der Waals surface area contributed by atoms with Crippen molar-refractivity contribution in [3.8, 4) is 5.75 Å². The highest BCUT2D eigenvalue weighted by Crippen LogP contribution is 2.30. The predicted molar refractivity (Wildman–Crippen MR) is 109 cm³/mol. The van der Waals surface area contributed by atoms with Crippen LogP contribution in [0.25, 0.3) is 6.08 Å². The minimum absolute atomic E-state index is 0.168. The van der Waals surface area contributed by atoms with E-state index < -0.39 is 0 Å². The van der Waals surface area contributed by atoms with Crippen LogP contribution in [0.5, 0.6) is 5.75 Å². The highest BCUT2D eigenvalue weighted by Gasteiger charge is 2.17. The Kier molecular flexibility index (Phi) is 5.30. The number of aromatic nitrogens is 1. The first-order chi connectivity index (χ1) is 13.3. The third-order valence-electron chi connectivity index (χ3n) is 4.36. The summed E-state index contributed by atoms with van der Waals surface area (Å²) in [6, 6.07) is 17.7. The Balaban J connectivity index is 1.34. The number of anilines is 1. The van der Waals surface area contributed by atoms with E-state index in [9.17, 15) is 4.79 Å². The Bertz CT molecular complexity index is 942. The van der Waals surface area contributed by atoms with Crippen molar-refractivity contribution in [3.63, 3.8) is 0 Å². The number of hydrogen-bond donors (Lipinski definition) is 1. The molecule has 4 nitrogen and oxygen atoms in total. The molecule has 2 aromatic carbocycles. The number of aryl methyl sites for hydroxylation is 2. The van der Waals surface area contributed by atoms with Crippen LogP contribution in [0.15, 0.2) is 60.7 Å². The second-order valence-electron chi connectivity index (χ2n) is 6.41. The third-order valence-corrected chi connectivity index (χ3v) is 5.43. The van der Waals surface area contributed by atoms with Gasteiger partial charge in [-0.05, 0) is 48.6 Å². The number of fused-ring (bicyclic) bond motifs is 1. The molecule has 3 aromatic rings. The Labute approximate surface area is 162 Å². The van der Waals surface area contributed by atoms with E-state index in [2.05, 4.69) is 10.3 Å². The number of nitrogens with one attached hydrogen (secondary N) is 1. The summed E-state index contributed by atoms with van der Waals surface area (Å²) in [5.41, 5.74) is 3.17. The van der Waals surface area contributed by atoms with E-state index in [1.807, 2.05) is 54.6 Å². The predicted octanol–water partition coefficient (Wildman–Crippen LogP) is 4.86. The first kappa shape index (κ1) is 17.5. The van der Waals surface area contributed by atoms with Gasteiger partial charge in [0.25, 0.3) is 0 Å². The van der Waals surface area contributed by atoms with Crippen molar-refractivity contribution < 1.29 is 9.53 Å². The van der Waals surface area contributed by atoms with Gasteiger partial charge in [0.05, 0.1) is 5.69 Å². The molecule has 1 aromatic heterocycles. The van der Waals surface area contributed by atoms with Crippen LogP contribution in [-0.2, 0) is 24.2 Å². The average Bonchev–Trinajstić information content (AvgIpc) is 3.28. The number of amides is 1. The number of carbonyl (C=O) groups excluding carboxylic acids is 1. The Morgan fingerprint density at radius 1 is 1.15 bits per heavy atom. The van der Waals surface area contributed by atoms with E-state index in [1.165, 1.54) is 17.4 Å². The minimum Gasteiger partial charge on any atom is -0.489 e. The summed E-state index contributed by atoms with van der Waals surface area (Å²) < 4.78 is 5.83. The molecule has 0 fully saturated rings. The van der Waals surface area contributed by atoms with Crippen molar-refractivity contribution >= 4 is 28.5 Å². The molecule has 1 aliphatic carbocycles. The normalized spacial score (nSPS) is 12.9. The van der Waals surface area contributed by atoms with E-state index in [1.54, 1.807) is 17.4 Å². The monoisotopic (exact) mass is 376 g/mol. The van der Waals surface area contributed by atoms with Crippen molar-refractivity contribution in [1.82, 2.24) is 4.98 Å². The molecule has 27 heavy (non-hydrogen) atoms. The van der Waals surface area contributed by atoms with E-state index in [0.717, 1.165) is 35.4 Å². The van der Waals surface area contributed by atoms with Crippen LogP contribution in [-0.4, -0.2) is 10.9 Å². The number of ether oxygens (including phenoxy) is 1. The van der Waals surface area contributed by atoms with Crippen molar-refractivity contribution in [1.29, 1.82) is 0 Å². The lowest BCUT2D eigenvalue weighted by molar-refractivity contribution is -0.111. The second-order valence-corrected chi connectivity index (χ2v) is 7.50. The van der Waals surface area contributed by atoms with Crippen LogP contribution in [0.3, 0.4) is 0 Å². The Morgan fingerprint density at radius 2 is 2.04 bits per heavy atom. The summed E-state index contributed by atoms with van der Waals surface area (Å²) in [5, 5.41) is 3.54. The molecular weight excluding hydrogens is 356 g/mol. The van der Waals surface area contributed by atoms with Gasteiger partial charge in [-0.1, -0.05) is 42.5 Å². The highest BCUT2D eigenvalue weighted by atomic mass is 32.1. The number of carbonyl (C=O) groups is 1. The van der Waals surface area contributed by atoms with Gasteiger partial charge >= 0.3 is 0 Å². The highest BCUT2D eigenvalue weighted by molar-refractivity contribution is 7.15. The molecule has 0 aliphatic heterocycles. The first-order valence-electron chi connectivity index (χ1n) is 9.01. The first-order valence-corrected chi connectivity index (χ1v) is 9.82. The van der Waals surface area contributed by atoms with E-state index in [-0.39, 0.29) is 5.91 Å². The second kappa shape index (κ2) is 8.18. The fourth-order valence-corrected chi connectivity index (χ4v) is 4.06. The fraction of sp³-hybridized carbons (Fsp3) is 0.182. The SMILES string of the molecule is O=C(/C=C/c1cccc(OCc2ccccc2)c1)Nc1nc2c(s1)CCC2. The molecule has 4 rings (SSSR count). The van der Waals surface area contributed by atoms with Crippen LogP contribution in [0.2, 0.25) is 0 Å². The van der Waals surface area contributed by atoms with E-state index in [0.29, 0.717) is 11.7 Å². The lowest BCUT2D eigenvalue weighted by Crippen LogP contribution is -2.07. The van der Waals surface area contributed by atoms with E-state index >= 15 is 0 Å². The zero-order valence-electron chi connectivity index (χ0n) is 14.9. The molecule has 1 aliphatic rings. The summed E-state index contributed by atoms with van der Waals surface area (Å²) in [6.07, 6.45) is 6.58. The molecule has 5 heteroatoms. The van der Waals surface area contributed by atoms with Gasteiger partial charge in [0.2, 0.25) is 5.91 Å². The Hall–Kier alpha value is -2.92. The number of rotatable bonds is 6. The topological polar surface area (TPSA) is 51.2 Å². The number of benzene rings is 2. The molecule has 136 valence electrons. The molecule has 0 saturated carbocycles. The van der Waals surface area contributed by atoms with Crippen molar-refractivity contribution in [2.45, 2.75) is 25.9 Å². The maximum absolute atomic E-state index is 12.1. The van der Waals surface area contributed by atoms with Gasteiger partial charge in [0.15, 0.2) is 5.13 Å². The zero-order valence-corrected chi connectivity index (χ0v) is 15.7. The van der Waals surface area contributed by atoms with Crippen molar-refractivity contribution in [2.75, 3.05) is 5.32 Å². The summed E-state index contributed by atoms with van der Waals surface area (Å²) >= 11 is 1.58. The third kappa shape index (κ3) is 4.63. The number of thiazole rings is 1.